The number of carbonyl (C=O) groups excluding carboxylic acids is 1. The van der Waals surface area contributed by atoms with Crippen molar-refractivity contribution in [3.05, 3.63) is 65.2 Å². The van der Waals surface area contributed by atoms with E-state index in [1.165, 1.54) is 17.0 Å². The summed E-state index contributed by atoms with van der Waals surface area (Å²) < 4.78 is 43.7. The van der Waals surface area contributed by atoms with E-state index < -0.39 is 11.7 Å². The first-order chi connectivity index (χ1) is 15.2. The number of rotatable bonds is 7. The second-order valence-electron chi connectivity index (χ2n) is 7.88. The molecule has 1 N–H and O–H groups in total. The standard InChI is InChI=1S/C23H26F3N3O3/c1-15(2)27-22(30)29(13-16-4-8-18(9-5-16)23(24,25)26)14-20-12-21(28-32-20)17-6-10-19(31-3)11-7-17/h4-11,15,20H,12-14H2,1-3H3,(H,27,30). The number of amides is 2. The van der Waals surface area contributed by atoms with Crippen LogP contribution in [0.2, 0.25) is 0 Å². The van der Waals surface area contributed by atoms with Crippen molar-refractivity contribution < 1.29 is 27.5 Å². The maximum absolute atomic E-state index is 12.8. The van der Waals surface area contributed by atoms with Gasteiger partial charge >= 0.3 is 12.2 Å². The molecule has 1 aliphatic heterocycles. The van der Waals surface area contributed by atoms with Gasteiger partial charge in [-0.15, -0.1) is 0 Å². The lowest BCUT2D eigenvalue weighted by atomic mass is 10.0. The van der Waals surface area contributed by atoms with Crippen LogP contribution in [0, 0.1) is 0 Å². The molecule has 172 valence electrons. The van der Waals surface area contributed by atoms with Gasteiger partial charge < -0.3 is 19.8 Å². The molecule has 9 heteroatoms. The topological polar surface area (TPSA) is 63.2 Å². The molecule has 0 aromatic heterocycles. The number of methoxy groups -OCH3 is 1. The molecule has 1 unspecified atom stereocenters. The fourth-order valence-electron chi connectivity index (χ4n) is 3.30. The van der Waals surface area contributed by atoms with Crippen LogP contribution in [0.25, 0.3) is 0 Å². The highest BCUT2D eigenvalue weighted by atomic mass is 19.4. The number of hydrogen-bond acceptors (Lipinski definition) is 4. The Morgan fingerprint density at radius 3 is 2.41 bits per heavy atom. The molecule has 0 aliphatic carbocycles. The number of benzene rings is 2. The van der Waals surface area contributed by atoms with E-state index >= 15 is 0 Å². The van der Waals surface area contributed by atoms with Crippen molar-refractivity contribution >= 4 is 11.7 Å². The van der Waals surface area contributed by atoms with Gasteiger partial charge in [-0.2, -0.15) is 13.2 Å². The maximum Gasteiger partial charge on any atom is 0.416 e. The first-order valence-corrected chi connectivity index (χ1v) is 10.2. The maximum atomic E-state index is 12.8. The van der Waals surface area contributed by atoms with Gasteiger partial charge in [0.2, 0.25) is 0 Å². The number of halogens is 3. The Morgan fingerprint density at radius 2 is 1.84 bits per heavy atom. The Kier molecular flexibility index (Phi) is 7.27. The zero-order chi connectivity index (χ0) is 23.3. The number of alkyl halides is 3. The van der Waals surface area contributed by atoms with Gasteiger partial charge in [-0.25, -0.2) is 4.79 Å². The summed E-state index contributed by atoms with van der Waals surface area (Å²) in [5, 5.41) is 6.98. The molecule has 2 aromatic carbocycles. The Labute approximate surface area is 185 Å². The van der Waals surface area contributed by atoms with Crippen molar-refractivity contribution in [1.82, 2.24) is 10.2 Å². The second-order valence-corrected chi connectivity index (χ2v) is 7.88. The summed E-state index contributed by atoms with van der Waals surface area (Å²) in [5.74, 6) is 0.734. The van der Waals surface area contributed by atoms with E-state index in [-0.39, 0.29) is 31.3 Å². The van der Waals surface area contributed by atoms with Crippen molar-refractivity contribution in [3.8, 4) is 5.75 Å². The van der Waals surface area contributed by atoms with Crippen LogP contribution < -0.4 is 10.1 Å². The van der Waals surface area contributed by atoms with Gasteiger partial charge in [0.1, 0.15) is 5.75 Å². The lowest BCUT2D eigenvalue weighted by molar-refractivity contribution is -0.137. The number of carbonyl (C=O) groups is 1. The second kappa shape index (κ2) is 9.93. The molecular weight excluding hydrogens is 423 g/mol. The number of hydrogen-bond donors (Lipinski definition) is 1. The van der Waals surface area contributed by atoms with Gasteiger partial charge in [0.25, 0.3) is 0 Å². The molecule has 0 spiro atoms. The van der Waals surface area contributed by atoms with E-state index in [0.29, 0.717) is 12.0 Å². The van der Waals surface area contributed by atoms with E-state index in [1.807, 2.05) is 38.1 Å². The highest BCUT2D eigenvalue weighted by Crippen LogP contribution is 2.29. The number of urea groups is 1. The summed E-state index contributed by atoms with van der Waals surface area (Å²) in [6, 6.07) is 11.8. The van der Waals surface area contributed by atoms with E-state index in [1.54, 1.807) is 7.11 Å². The van der Waals surface area contributed by atoms with E-state index in [0.717, 1.165) is 29.2 Å². The molecule has 1 aliphatic rings. The van der Waals surface area contributed by atoms with Crippen LogP contribution in [-0.2, 0) is 17.6 Å². The number of oxime groups is 1. The van der Waals surface area contributed by atoms with Crippen molar-refractivity contribution in [2.75, 3.05) is 13.7 Å². The number of nitrogens with zero attached hydrogens (tertiary/aromatic N) is 2. The average Bonchev–Trinajstić information content (AvgIpc) is 3.21. The highest BCUT2D eigenvalue weighted by Gasteiger charge is 2.30. The Hall–Kier alpha value is -3.23. The summed E-state index contributed by atoms with van der Waals surface area (Å²) in [7, 11) is 1.59. The van der Waals surface area contributed by atoms with Crippen LogP contribution in [0.3, 0.4) is 0 Å². The number of nitrogens with one attached hydrogen (secondary N) is 1. The Bertz CT molecular complexity index is 942. The van der Waals surface area contributed by atoms with Gasteiger partial charge in [0.15, 0.2) is 6.10 Å². The molecule has 32 heavy (non-hydrogen) atoms. The molecule has 0 saturated heterocycles. The largest absolute Gasteiger partial charge is 0.497 e. The molecule has 6 nitrogen and oxygen atoms in total. The van der Waals surface area contributed by atoms with Crippen molar-refractivity contribution in [2.24, 2.45) is 5.16 Å². The van der Waals surface area contributed by atoms with Gasteiger partial charge in [0, 0.05) is 19.0 Å². The zero-order valence-electron chi connectivity index (χ0n) is 18.1. The normalized spacial score (nSPS) is 15.8. The summed E-state index contributed by atoms with van der Waals surface area (Å²) in [5.41, 5.74) is 1.52. The molecule has 2 aromatic rings. The van der Waals surface area contributed by atoms with E-state index in [4.69, 9.17) is 9.57 Å². The lowest BCUT2D eigenvalue weighted by Gasteiger charge is -2.26. The van der Waals surface area contributed by atoms with Gasteiger partial charge in [-0.1, -0.05) is 17.3 Å². The molecule has 0 radical (unpaired) electrons. The third-order valence-electron chi connectivity index (χ3n) is 4.93. The molecule has 1 heterocycles. The smallest absolute Gasteiger partial charge is 0.416 e. The quantitative estimate of drug-likeness (QED) is 0.659. The molecule has 0 saturated carbocycles. The predicted molar refractivity (Wildman–Crippen MR) is 115 cm³/mol. The van der Waals surface area contributed by atoms with Crippen LogP contribution in [0.15, 0.2) is 53.7 Å². The van der Waals surface area contributed by atoms with E-state index in [2.05, 4.69) is 10.5 Å². The predicted octanol–water partition coefficient (Wildman–Crippen LogP) is 4.83. The zero-order valence-corrected chi connectivity index (χ0v) is 18.1. The van der Waals surface area contributed by atoms with Crippen LogP contribution in [-0.4, -0.2) is 42.4 Å². The van der Waals surface area contributed by atoms with Crippen LogP contribution >= 0.6 is 0 Å². The Balaban J connectivity index is 1.67. The van der Waals surface area contributed by atoms with E-state index in [9.17, 15) is 18.0 Å². The first-order valence-electron chi connectivity index (χ1n) is 10.2. The van der Waals surface area contributed by atoms with Gasteiger partial charge in [-0.05, 0) is 61.4 Å². The number of ether oxygens (including phenoxy) is 1. The van der Waals surface area contributed by atoms with Gasteiger partial charge in [0.05, 0.1) is 24.9 Å². The third-order valence-corrected chi connectivity index (χ3v) is 4.93. The van der Waals surface area contributed by atoms with Crippen molar-refractivity contribution in [1.29, 1.82) is 0 Å². The SMILES string of the molecule is COc1ccc(C2=NOC(CN(Cc3ccc(C(F)(F)F)cc3)C(=O)NC(C)C)C2)cc1. The van der Waals surface area contributed by atoms with Crippen LogP contribution in [0.4, 0.5) is 18.0 Å². The fourth-order valence-corrected chi connectivity index (χ4v) is 3.30. The molecule has 3 rings (SSSR count). The summed E-state index contributed by atoms with van der Waals surface area (Å²) in [6.07, 6.45) is -4.26. The average molecular weight is 449 g/mol. The molecular formula is C23H26F3N3O3. The lowest BCUT2D eigenvalue weighted by Crippen LogP contribution is -2.45. The molecule has 2 amide bonds. The highest BCUT2D eigenvalue weighted by molar-refractivity contribution is 6.01. The molecule has 0 fully saturated rings. The van der Waals surface area contributed by atoms with Gasteiger partial charge in [-0.3, -0.25) is 0 Å². The monoisotopic (exact) mass is 449 g/mol. The minimum absolute atomic E-state index is 0.0896. The third kappa shape index (κ3) is 6.15. The minimum atomic E-state index is -4.40. The van der Waals surface area contributed by atoms with Crippen LogP contribution in [0.1, 0.15) is 37.0 Å². The first kappa shape index (κ1) is 23.4. The van der Waals surface area contributed by atoms with Crippen molar-refractivity contribution in [2.45, 2.75) is 45.1 Å². The fraction of sp³-hybridized carbons (Fsp3) is 0.391. The molecule has 1 atom stereocenters. The summed E-state index contributed by atoms with van der Waals surface area (Å²) in [4.78, 5) is 19.8. The summed E-state index contributed by atoms with van der Waals surface area (Å²) in [6.45, 7) is 4.06. The Morgan fingerprint density at radius 1 is 1.19 bits per heavy atom. The minimum Gasteiger partial charge on any atom is -0.497 e. The molecule has 0 bridgehead atoms. The van der Waals surface area contributed by atoms with Crippen LogP contribution in [0.5, 0.6) is 5.75 Å². The summed E-state index contributed by atoms with van der Waals surface area (Å²) >= 11 is 0. The van der Waals surface area contributed by atoms with Crippen molar-refractivity contribution in [3.63, 3.8) is 0 Å².